The molecule has 0 atom stereocenters. The van der Waals surface area contributed by atoms with Crippen molar-refractivity contribution in [3.05, 3.63) is 82.8 Å². The molecule has 5 heteroatoms. The molecule has 1 amide bonds. The molecule has 0 fully saturated rings. The number of hydrogen-bond acceptors (Lipinski definition) is 2. The zero-order valence-electron chi connectivity index (χ0n) is 16.7. The molecule has 2 heterocycles. The van der Waals surface area contributed by atoms with Gasteiger partial charge >= 0.3 is 0 Å². The number of aryl methyl sites for hydroxylation is 2. The number of amides is 1. The average Bonchev–Trinajstić information content (AvgIpc) is 3.14. The van der Waals surface area contributed by atoms with E-state index >= 15 is 0 Å². The Balaban J connectivity index is 1.68. The van der Waals surface area contributed by atoms with E-state index in [-0.39, 0.29) is 5.91 Å². The molecule has 4 rings (SSSR count). The minimum absolute atomic E-state index is 0.120. The van der Waals surface area contributed by atoms with E-state index < -0.39 is 0 Å². The molecule has 2 aromatic heterocycles. The third-order valence-corrected chi connectivity index (χ3v) is 5.57. The van der Waals surface area contributed by atoms with Crippen LogP contribution in [0.5, 0.6) is 0 Å². The number of anilines is 1. The summed E-state index contributed by atoms with van der Waals surface area (Å²) in [6.45, 7) is 7.00. The molecular weight excluding hydrogens is 348 g/mol. The van der Waals surface area contributed by atoms with Gasteiger partial charge in [0.1, 0.15) is 0 Å². The van der Waals surface area contributed by atoms with Gasteiger partial charge in [-0.15, -0.1) is 0 Å². The van der Waals surface area contributed by atoms with Crippen molar-refractivity contribution in [3.63, 3.8) is 0 Å². The Kier molecular flexibility index (Phi) is 4.51. The normalized spacial score (nSPS) is 11.1. The smallest absolute Gasteiger partial charge is 0.255 e. The van der Waals surface area contributed by atoms with E-state index in [1.54, 1.807) is 10.9 Å². The molecule has 4 aromatic rings. The van der Waals surface area contributed by atoms with Gasteiger partial charge in [0.05, 0.1) is 17.6 Å². The second-order valence-electron chi connectivity index (χ2n) is 7.24. The number of benzene rings is 2. The molecule has 5 nitrogen and oxygen atoms in total. The summed E-state index contributed by atoms with van der Waals surface area (Å²) in [5.74, 6) is -0.120. The van der Waals surface area contributed by atoms with E-state index in [0.717, 1.165) is 28.8 Å². The number of hydrogen-bond donors (Lipinski definition) is 1. The summed E-state index contributed by atoms with van der Waals surface area (Å²) < 4.78 is 4.06. The zero-order valence-corrected chi connectivity index (χ0v) is 16.7. The highest BCUT2D eigenvalue weighted by atomic mass is 16.1. The Bertz CT molecular complexity index is 1170. The minimum atomic E-state index is -0.120. The molecule has 28 heavy (non-hydrogen) atoms. The van der Waals surface area contributed by atoms with E-state index in [4.69, 9.17) is 0 Å². The number of nitrogens with zero attached hydrogens (tertiary/aromatic N) is 3. The number of carbonyl (C=O) groups excluding carboxylic acids is 1. The van der Waals surface area contributed by atoms with Gasteiger partial charge in [-0.1, -0.05) is 30.3 Å². The van der Waals surface area contributed by atoms with Crippen molar-refractivity contribution in [3.8, 4) is 0 Å². The van der Waals surface area contributed by atoms with Crippen LogP contribution in [0.1, 0.15) is 32.9 Å². The van der Waals surface area contributed by atoms with Crippen LogP contribution in [-0.2, 0) is 13.6 Å². The summed E-state index contributed by atoms with van der Waals surface area (Å²) in [6, 6.07) is 16.4. The first-order chi connectivity index (χ1) is 13.5. The average molecular weight is 372 g/mol. The summed E-state index contributed by atoms with van der Waals surface area (Å²) in [4.78, 5) is 12.8. The Hall–Kier alpha value is -3.34. The summed E-state index contributed by atoms with van der Waals surface area (Å²) in [5.41, 5.74) is 7.15. The number of carbonyl (C=O) groups is 1. The first-order valence-electron chi connectivity index (χ1n) is 9.39. The van der Waals surface area contributed by atoms with Crippen molar-refractivity contribution >= 4 is 22.5 Å². The molecule has 0 unspecified atom stereocenters. The van der Waals surface area contributed by atoms with E-state index in [0.29, 0.717) is 5.56 Å². The second kappa shape index (κ2) is 7.00. The maximum Gasteiger partial charge on any atom is 0.255 e. The van der Waals surface area contributed by atoms with Gasteiger partial charge in [-0.25, -0.2) is 0 Å². The lowest BCUT2D eigenvalue weighted by molar-refractivity contribution is 0.102. The van der Waals surface area contributed by atoms with Crippen molar-refractivity contribution in [1.29, 1.82) is 0 Å². The van der Waals surface area contributed by atoms with E-state index in [1.165, 1.54) is 16.8 Å². The maximum atomic E-state index is 12.8. The van der Waals surface area contributed by atoms with Crippen LogP contribution in [0.25, 0.3) is 10.9 Å². The molecule has 142 valence electrons. The molecule has 0 spiro atoms. The van der Waals surface area contributed by atoms with Crippen LogP contribution in [-0.4, -0.2) is 20.3 Å². The molecule has 0 aliphatic heterocycles. The first-order valence-corrected chi connectivity index (χ1v) is 9.39. The van der Waals surface area contributed by atoms with E-state index in [2.05, 4.69) is 53.1 Å². The molecule has 1 N–H and O–H groups in total. The topological polar surface area (TPSA) is 51.9 Å². The van der Waals surface area contributed by atoms with Gasteiger partial charge < -0.3 is 9.88 Å². The van der Waals surface area contributed by atoms with Gasteiger partial charge in [0.2, 0.25) is 0 Å². The highest BCUT2D eigenvalue weighted by molar-refractivity contribution is 6.06. The van der Waals surface area contributed by atoms with Gasteiger partial charge in [-0.2, -0.15) is 5.10 Å². The first kappa shape index (κ1) is 18.0. The standard InChI is InChI=1S/C23H24N4O/c1-15-16(2)27(14-18-8-6-5-7-9-18)22-11-10-19(12-20(15)22)23(28)25-21-13-24-26(4)17(21)3/h5-13H,14H2,1-4H3,(H,25,28). The minimum Gasteiger partial charge on any atom is -0.340 e. The summed E-state index contributed by atoms with van der Waals surface area (Å²) in [6.07, 6.45) is 1.68. The lowest BCUT2D eigenvalue weighted by Crippen LogP contribution is -2.12. The van der Waals surface area contributed by atoms with Gasteiger partial charge in [-0.05, 0) is 50.1 Å². The summed E-state index contributed by atoms with van der Waals surface area (Å²) in [7, 11) is 1.86. The zero-order chi connectivity index (χ0) is 19.8. The van der Waals surface area contributed by atoms with Crippen LogP contribution in [0.2, 0.25) is 0 Å². The van der Waals surface area contributed by atoms with Crippen LogP contribution in [0.15, 0.2) is 54.7 Å². The number of fused-ring (bicyclic) bond motifs is 1. The van der Waals surface area contributed by atoms with Crippen molar-refractivity contribution in [2.75, 3.05) is 5.32 Å². The van der Waals surface area contributed by atoms with Gasteiger partial charge in [0.15, 0.2) is 0 Å². The summed E-state index contributed by atoms with van der Waals surface area (Å²) in [5, 5.41) is 8.26. The Morgan fingerprint density at radius 3 is 2.46 bits per heavy atom. The highest BCUT2D eigenvalue weighted by Crippen LogP contribution is 2.27. The number of rotatable bonds is 4. The molecule has 0 aliphatic carbocycles. The predicted molar refractivity (Wildman–Crippen MR) is 113 cm³/mol. The largest absolute Gasteiger partial charge is 0.340 e. The van der Waals surface area contributed by atoms with Crippen molar-refractivity contribution in [2.45, 2.75) is 27.3 Å². The fraction of sp³-hybridized carbons (Fsp3) is 0.217. The van der Waals surface area contributed by atoms with Crippen molar-refractivity contribution < 1.29 is 4.79 Å². The monoisotopic (exact) mass is 372 g/mol. The van der Waals surface area contributed by atoms with E-state index in [1.807, 2.05) is 38.2 Å². The quantitative estimate of drug-likeness (QED) is 0.569. The number of aromatic nitrogens is 3. The highest BCUT2D eigenvalue weighted by Gasteiger charge is 2.15. The fourth-order valence-electron chi connectivity index (χ4n) is 3.58. The van der Waals surface area contributed by atoms with Crippen molar-refractivity contribution in [1.82, 2.24) is 14.3 Å². The third kappa shape index (κ3) is 3.09. The lowest BCUT2D eigenvalue weighted by Gasteiger charge is -2.09. The van der Waals surface area contributed by atoms with Crippen LogP contribution in [0.3, 0.4) is 0 Å². The van der Waals surface area contributed by atoms with Crippen LogP contribution < -0.4 is 5.32 Å². The fourth-order valence-corrected chi connectivity index (χ4v) is 3.58. The van der Waals surface area contributed by atoms with Crippen LogP contribution >= 0.6 is 0 Å². The molecule has 0 radical (unpaired) electrons. The Morgan fingerprint density at radius 2 is 1.79 bits per heavy atom. The Labute approximate surface area is 164 Å². The molecule has 2 aromatic carbocycles. The lowest BCUT2D eigenvalue weighted by atomic mass is 10.1. The molecule has 0 aliphatic rings. The molecule has 0 saturated heterocycles. The molecule has 0 bridgehead atoms. The van der Waals surface area contributed by atoms with Gasteiger partial charge in [0, 0.05) is 35.8 Å². The van der Waals surface area contributed by atoms with Crippen molar-refractivity contribution in [2.24, 2.45) is 7.05 Å². The second-order valence-corrected chi connectivity index (χ2v) is 7.24. The van der Waals surface area contributed by atoms with Gasteiger partial charge in [0.25, 0.3) is 5.91 Å². The number of nitrogens with one attached hydrogen (secondary N) is 1. The predicted octanol–water partition coefficient (Wildman–Crippen LogP) is 4.60. The third-order valence-electron chi connectivity index (χ3n) is 5.57. The van der Waals surface area contributed by atoms with Crippen LogP contribution in [0, 0.1) is 20.8 Å². The van der Waals surface area contributed by atoms with E-state index in [9.17, 15) is 4.79 Å². The molecular formula is C23H24N4O. The van der Waals surface area contributed by atoms with Gasteiger partial charge in [-0.3, -0.25) is 9.48 Å². The SMILES string of the molecule is Cc1c(C)n(Cc2ccccc2)c2ccc(C(=O)Nc3cnn(C)c3C)cc12. The maximum absolute atomic E-state index is 12.8. The molecule has 0 saturated carbocycles. The van der Waals surface area contributed by atoms with Crippen LogP contribution in [0.4, 0.5) is 5.69 Å². The summed E-state index contributed by atoms with van der Waals surface area (Å²) >= 11 is 0. The Morgan fingerprint density at radius 1 is 1.04 bits per heavy atom.